The molecule has 0 saturated heterocycles. The van der Waals surface area contributed by atoms with E-state index < -0.39 is 18.0 Å². The van der Waals surface area contributed by atoms with E-state index in [2.05, 4.69) is 5.32 Å². The molecule has 0 aliphatic carbocycles. The fourth-order valence-electron chi connectivity index (χ4n) is 2.96. The third kappa shape index (κ3) is 5.00. The number of carbonyl (C=O) groups is 3. The number of rotatable bonds is 6. The molecule has 1 N–H and O–H groups in total. The van der Waals surface area contributed by atoms with E-state index in [1.165, 1.54) is 13.0 Å². The number of hydrogen-bond donors (Lipinski definition) is 1. The van der Waals surface area contributed by atoms with Crippen molar-refractivity contribution in [2.24, 2.45) is 0 Å². The Morgan fingerprint density at radius 2 is 1.47 bits per heavy atom. The van der Waals surface area contributed by atoms with Crippen LogP contribution in [0, 0.1) is 13.8 Å². The van der Waals surface area contributed by atoms with Crippen LogP contribution < -0.4 is 5.32 Å². The Bertz CT molecular complexity index is 1090. The van der Waals surface area contributed by atoms with Gasteiger partial charge in [-0.15, -0.1) is 0 Å². The van der Waals surface area contributed by atoms with Crippen LogP contribution in [0.25, 0.3) is 0 Å². The molecule has 5 nitrogen and oxygen atoms in total. The van der Waals surface area contributed by atoms with Gasteiger partial charge in [-0.2, -0.15) is 0 Å². The van der Waals surface area contributed by atoms with Crippen molar-refractivity contribution in [2.75, 3.05) is 5.32 Å². The van der Waals surface area contributed by atoms with Crippen molar-refractivity contribution in [3.05, 3.63) is 101 Å². The summed E-state index contributed by atoms with van der Waals surface area (Å²) in [7, 11) is 0. The molecule has 0 saturated carbocycles. The SMILES string of the molecule is Cc1ccc(C(=O)c2ccccc2C(=O)OC(C)C(=O)Nc2cccc(C)c2)cc1. The van der Waals surface area contributed by atoms with Crippen LogP contribution in [-0.2, 0) is 9.53 Å². The molecule has 0 bridgehead atoms. The van der Waals surface area contributed by atoms with E-state index in [4.69, 9.17) is 4.74 Å². The first-order valence-electron chi connectivity index (χ1n) is 9.64. The van der Waals surface area contributed by atoms with Gasteiger partial charge in [0.2, 0.25) is 0 Å². The van der Waals surface area contributed by atoms with E-state index in [1.807, 2.05) is 44.2 Å². The maximum atomic E-state index is 12.9. The summed E-state index contributed by atoms with van der Waals surface area (Å²) in [6, 6.07) is 20.9. The van der Waals surface area contributed by atoms with Gasteiger partial charge >= 0.3 is 5.97 Å². The summed E-state index contributed by atoms with van der Waals surface area (Å²) in [6.07, 6.45) is -1.03. The van der Waals surface area contributed by atoms with Gasteiger partial charge in [-0.05, 0) is 44.5 Å². The minimum absolute atomic E-state index is 0.123. The molecule has 3 aromatic carbocycles. The molecule has 0 radical (unpaired) electrons. The Morgan fingerprint density at radius 1 is 0.800 bits per heavy atom. The summed E-state index contributed by atoms with van der Waals surface area (Å²) in [5.74, 6) is -1.45. The molecule has 0 fully saturated rings. The molecule has 0 heterocycles. The van der Waals surface area contributed by atoms with Crippen LogP contribution in [0.4, 0.5) is 5.69 Å². The van der Waals surface area contributed by atoms with Gasteiger partial charge in [0.1, 0.15) is 0 Å². The lowest BCUT2D eigenvalue weighted by Crippen LogP contribution is -2.30. The highest BCUT2D eigenvalue weighted by atomic mass is 16.5. The van der Waals surface area contributed by atoms with Crippen molar-refractivity contribution >= 4 is 23.3 Å². The normalized spacial score (nSPS) is 11.4. The zero-order valence-electron chi connectivity index (χ0n) is 17.1. The van der Waals surface area contributed by atoms with Crippen LogP contribution in [-0.4, -0.2) is 23.8 Å². The van der Waals surface area contributed by atoms with Crippen molar-refractivity contribution < 1.29 is 19.1 Å². The Hall–Kier alpha value is -3.73. The summed E-state index contributed by atoms with van der Waals surface area (Å²) < 4.78 is 5.34. The van der Waals surface area contributed by atoms with Crippen molar-refractivity contribution in [1.82, 2.24) is 0 Å². The lowest BCUT2D eigenvalue weighted by atomic mass is 9.98. The Kier molecular flexibility index (Phi) is 6.42. The molecular weight excluding hydrogens is 378 g/mol. The Balaban J connectivity index is 1.74. The Labute approximate surface area is 175 Å². The maximum Gasteiger partial charge on any atom is 0.339 e. The number of aryl methyl sites for hydroxylation is 2. The highest BCUT2D eigenvalue weighted by Gasteiger charge is 2.23. The summed E-state index contributed by atoms with van der Waals surface area (Å²) in [5.41, 5.74) is 3.49. The number of amides is 1. The molecule has 1 amide bonds. The number of benzene rings is 3. The van der Waals surface area contributed by atoms with Gasteiger partial charge in [-0.25, -0.2) is 4.79 Å². The van der Waals surface area contributed by atoms with Crippen LogP contribution in [0.5, 0.6) is 0 Å². The molecule has 0 aliphatic rings. The predicted molar refractivity (Wildman–Crippen MR) is 116 cm³/mol. The Morgan fingerprint density at radius 3 is 2.13 bits per heavy atom. The third-order valence-electron chi connectivity index (χ3n) is 4.64. The standard InChI is InChI=1S/C25H23NO4/c1-16-11-13-19(14-12-16)23(27)21-9-4-5-10-22(21)25(29)30-18(3)24(28)26-20-8-6-7-17(2)15-20/h4-15,18H,1-3H3,(H,26,28). The van der Waals surface area contributed by atoms with E-state index in [0.29, 0.717) is 11.3 Å². The lowest BCUT2D eigenvalue weighted by Gasteiger charge is -2.15. The van der Waals surface area contributed by atoms with Crippen molar-refractivity contribution in [2.45, 2.75) is 26.9 Å². The second-order valence-corrected chi connectivity index (χ2v) is 7.15. The molecule has 1 atom stereocenters. The topological polar surface area (TPSA) is 72.5 Å². The number of hydrogen-bond acceptors (Lipinski definition) is 4. The van der Waals surface area contributed by atoms with Crippen molar-refractivity contribution in [3.63, 3.8) is 0 Å². The van der Waals surface area contributed by atoms with Gasteiger partial charge in [0.15, 0.2) is 11.9 Å². The molecular formula is C25H23NO4. The molecule has 5 heteroatoms. The van der Waals surface area contributed by atoms with Crippen LogP contribution in [0.15, 0.2) is 72.8 Å². The average molecular weight is 401 g/mol. The van der Waals surface area contributed by atoms with Crippen molar-refractivity contribution in [3.8, 4) is 0 Å². The van der Waals surface area contributed by atoms with E-state index in [1.54, 1.807) is 36.4 Å². The number of nitrogens with one attached hydrogen (secondary N) is 1. The van der Waals surface area contributed by atoms with Gasteiger partial charge in [0, 0.05) is 16.8 Å². The zero-order chi connectivity index (χ0) is 21.7. The summed E-state index contributed by atoms with van der Waals surface area (Å²) in [5, 5.41) is 2.72. The van der Waals surface area contributed by atoms with E-state index in [0.717, 1.165) is 11.1 Å². The van der Waals surface area contributed by atoms with E-state index in [-0.39, 0.29) is 16.9 Å². The number of esters is 1. The first-order chi connectivity index (χ1) is 14.3. The number of ketones is 1. The smallest absolute Gasteiger partial charge is 0.339 e. The fourth-order valence-corrected chi connectivity index (χ4v) is 2.96. The molecule has 152 valence electrons. The van der Waals surface area contributed by atoms with Gasteiger partial charge in [0.25, 0.3) is 5.91 Å². The van der Waals surface area contributed by atoms with Crippen LogP contribution in [0.1, 0.15) is 44.3 Å². The largest absolute Gasteiger partial charge is 0.449 e. The van der Waals surface area contributed by atoms with Crippen molar-refractivity contribution in [1.29, 1.82) is 0 Å². The molecule has 1 unspecified atom stereocenters. The minimum Gasteiger partial charge on any atom is -0.449 e. The average Bonchev–Trinajstić information content (AvgIpc) is 2.73. The molecule has 0 spiro atoms. The minimum atomic E-state index is -1.03. The van der Waals surface area contributed by atoms with Gasteiger partial charge in [-0.1, -0.05) is 60.2 Å². The maximum absolute atomic E-state index is 12.9. The number of anilines is 1. The monoisotopic (exact) mass is 401 g/mol. The van der Waals surface area contributed by atoms with Gasteiger partial charge < -0.3 is 10.1 Å². The second-order valence-electron chi connectivity index (χ2n) is 7.15. The summed E-state index contributed by atoms with van der Waals surface area (Å²) >= 11 is 0. The van der Waals surface area contributed by atoms with E-state index in [9.17, 15) is 14.4 Å². The first-order valence-corrected chi connectivity index (χ1v) is 9.64. The lowest BCUT2D eigenvalue weighted by molar-refractivity contribution is -0.123. The van der Waals surface area contributed by atoms with Crippen LogP contribution >= 0.6 is 0 Å². The number of carbonyl (C=O) groups excluding carboxylic acids is 3. The highest BCUT2D eigenvalue weighted by molar-refractivity contribution is 6.14. The van der Waals surface area contributed by atoms with Gasteiger partial charge in [-0.3, -0.25) is 9.59 Å². The number of ether oxygens (including phenoxy) is 1. The molecule has 3 aromatic rings. The van der Waals surface area contributed by atoms with Crippen LogP contribution in [0.2, 0.25) is 0 Å². The highest BCUT2D eigenvalue weighted by Crippen LogP contribution is 2.18. The summed E-state index contributed by atoms with van der Waals surface area (Å²) in [4.78, 5) is 38.0. The predicted octanol–water partition coefficient (Wildman–Crippen LogP) is 4.72. The third-order valence-corrected chi connectivity index (χ3v) is 4.64. The molecule has 0 aromatic heterocycles. The zero-order valence-corrected chi connectivity index (χ0v) is 17.1. The first kappa shape index (κ1) is 21.0. The quantitative estimate of drug-likeness (QED) is 0.479. The second kappa shape index (κ2) is 9.18. The molecule has 30 heavy (non-hydrogen) atoms. The van der Waals surface area contributed by atoms with E-state index >= 15 is 0 Å². The van der Waals surface area contributed by atoms with Crippen LogP contribution in [0.3, 0.4) is 0 Å². The molecule has 3 rings (SSSR count). The van der Waals surface area contributed by atoms with Gasteiger partial charge in [0.05, 0.1) is 5.56 Å². The summed E-state index contributed by atoms with van der Waals surface area (Å²) in [6.45, 7) is 5.34. The molecule has 0 aliphatic heterocycles. The fraction of sp³-hybridized carbons (Fsp3) is 0.160.